The van der Waals surface area contributed by atoms with Gasteiger partial charge in [-0.25, -0.2) is 0 Å². The summed E-state index contributed by atoms with van der Waals surface area (Å²) < 4.78 is 10.8. The number of nitrogens with one attached hydrogen (secondary N) is 1. The summed E-state index contributed by atoms with van der Waals surface area (Å²) in [6, 6.07) is 7.96. The van der Waals surface area contributed by atoms with E-state index >= 15 is 0 Å². The van der Waals surface area contributed by atoms with Gasteiger partial charge in [-0.3, -0.25) is 14.9 Å². The van der Waals surface area contributed by atoms with Crippen molar-refractivity contribution in [2.75, 3.05) is 12.4 Å². The molecule has 0 unspecified atom stereocenters. The summed E-state index contributed by atoms with van der Waals surface area (Å²) in [5, 5.41) is 13.8. The molecule has 7 nitrogen and oxygen atoms in total. The SMILES string of the molecule is COc1ccc([N+](=O)[O-])cc1O[C@H](C)C(=O)Nc1c(C)cc(C)cc1C. The number of methoxy groups -OCH3 is 1. The molecule has 2 aromatic rings. The van der Waals surface area contributed by atoms with Crippen molar-refractivity contribution < 1.29 is 19.2 Å². The molecule has 0 fully saturated rings. The molecule has 0 spiro atoms. The van der Waals surface area contributed by atoms with Crippen molar-refractivity contribution in [1.82, 2.24) is 0 Å². The summed E-state index contributed by atoms with van der Waals surface area (Å²) in [6.07, 6.45) is -0.869. The van der Waals surface area contributed by atoms with Crippen LogP contribution >= 0.6 is 0 Å². The number of hydrogen-bond acceptors (Lipinski definition) is 5. The molecule has 0 bridgehead atoms. The molecule has 2 rings (SSSR count). The highest BCUT2D eigenvalue weighted by atomic mass is 16.6. The lowest BCUT2D eigenvalue weighted by molar-refractivity contribution is -0.385. The summed E-state index contributed by atoms with van der Waals surface area (Å²) in [6.45, 7) is 7.41. The Morgan fingerprint density at radius 3 is 2.27 bits per heavy atom. The molecule has 1 N–H and O–H groups in total. The second-order valence-electron chi connectivity index (χ2n) is 6.12. The van der Waals surface area contributed by atoms with Gasteiger partial charge < -0.3 is 14.8 Å². The minimum absolute atomic E-state index is 0.140. The first-order valence-electron chi connectivity index (χ1n) is 8.10. The number of ether oxygens (including phenoxy) is 2. The van der Waals surface area contributed by atoms with E-state index in [-0.39, 0.29) is 17.3 Å². The van der Waals surface area contributed by atoms with Crippen LogP contribution in [0.2, 0.25) is 0 Å². The smallest absolute Gasteiger partial charge is 0.273 e. The van der Waals surface area contributed by atoms with Gasteiger partial charge in [0.25, 0.3) is 11.6 Å². The van der Waals surface area contributed by atoms with Gasteiger partial charge in [-0.2, -0.15) is 0 Å². The third-order valence-electron chi connectivity index (χ3n) is 3.96. The molecule has 0 aliphatic carbocycles. The fraction of sp³-hybridized carbons (Fsp3) is 0.316. The van der Waals surface area contributed by atoms with E-state index < -0.39 is 11.0 Å². The summed E-state index contributed by atoms with van der Waals surface area (Å²) >= 11 is 0. The number of aryl methyl sites for hydroxylation is 3. The Bertz CT molecular complexity index is 825. The number of carbonyl (C=O) groups excluding carboxylic acids is 1. The molecule has 0 saturated heterocycles. The predicted molar refractivity (Wildman–Crippen MR) is 99.0 cm³/mol. The van der Waals surface area contributed by atoms with Crippen LogP contribution in [-0.4, -0.2) is 24.0 Å². The molecule has 138 valence electrons. The van der Waals surface area contributed by atoms with Crippen molar-refractivity contribution in [2.24, 2.45) is 0 Å². The largest absolute Gasteiger partial charge is 0.493 e. The number of carbonyl (C=O) groups is 1. The van der Waals surface area contributed by atoms with Crippen molar-refractivity contribution in [3.05, 3.63) is 57.1 Å². The maximum Gasteiger partial charge on any atom is 0.273 e. The fourth-order valence-corrected chi connectivity index (χ4v) is 2.72. The Labute approximate surface area is 152 Å². The van der Waals surface area contributed by atoms with Crippen molar-refractivity contribution >= 4 is 17.3 Å². The predicted octanol–water partition coefficient (Wildman–Crippen LogP) is 3.93. The number of rotatable bonds is 6. The number of nitrogens with zero attached hydrogens (tertiary/aromatic N) is 1. The first-order chi connectivity index (χ1) is 12.2. The lowest BCUT2D eigenvalue weighted by Gasteiger charge is -2.18. The molecule has 26 heavy (non-hydrogen) atoms. The molecule has 0 aliphatic rings. The van der Waals surface area contributed by atoms with Crippen molar-refractivity contribution in [3.63, 3.8) is 0 Å². The first kappa shape index (κ1) is 19.2. The van der Waals surface area contributed by atoms with Gasteiger partial charge in [0.1, 0.15) is 0 Å². The van der Waals surface area contributed by atoms with E-state index in [0.717, 1.165) is 22.4 Å². The number of benzene rings is 2. The Kier molecular flexibility index (Phi) is 5.82. The Morgan fingerprint density at radius 1 is 1.12 bits per heavy atom. The molecule has 0 aliphatic heterocycles. The van der Waals surface area contributed by atoms with Crippen molar-refractivity contribution in [3.8, 4) is 11.5 Å². The van der Waals surface area contributed by atoms with Crippen molar-refractivity contribution in [1.29, 1.82) is 0 Å². The number of amides is 1. The van der Waals surface area contributed by atoms with Gasteiger partial charge in [-0.05, 0) is 44.9 Å². The molecular weight excluding hydrogens is 336 g/mol. The van der Waals surface area contributed by atoms with Crippen LogP contribution in [0.3, 0.4) is 0 Å². The zero-order valence-corrected chi connectivity index (χ0v) is 15.5. The zero-order chi connectivity index (χ0) is 19.4. The van der Waals surface area contributed by atoms with E-state index in [9.17, 15) is 14.9 Å². The lowest BCUT2D eigenvalue weighted by atomic mass is 10.0. The molecule has 0 heterocycles. The maximum absolute atomic E-state index is 12.5. The van der Waals surface area contributed by atoms with Gasteiger partial charge in [0.15, 0.2) is 17.6 Å². The fourth-order valence-electron chi connectivity index (χ4n) is 2.72. The molecule has 1 amide bonds. The van der Waals surface area contributed by atoms with Crippen LogP contribution < -0.4 is 14.8 Å². The standard InChI is InChI=1S/C19H22N2O5/c1-11-8-12(2)18(13(3)9-11)20-19(22)14(4)26-17-10-15(21(23)24)6-7-16(17)25-5/h6-10,14H,1-5H3,(H,20,22)/t14-/m1/s1. The normalized spacial score (nSPS) is 11.6. The summed E-state index contributed by atoms with van der Waals surface area (Å²) in [4.78, 5) is 22.9. The number of nitro benzene ring substituents is 1. The molecule has 0 radical (unpaired) electrons. The quantitative estimate of drug-likeness (QED) is 0.624. The van der Waals surface area contributed by atoms with E-state index in [1.165, 1.54) is 25.3 Å². The highest BCUT2D eigenvalue weighted by molar-refractivity contribution is 5.95. The minimum atomic E-state index is -0.869. The zero-order valence-electron chi connectivity index (χ0n) is 15.5. The number of non-ortho nitro benzene ring substituents is 1. The molecule has 2 aromatic carbocycles. The summed E-state index contributed by atoms with van der Waals surface area (Å²) in [5.41, 5.74) is 3.62. The van der Waals surface area contributed by atoms with Gasteiger partial charge in [0.2, 0.25) is 0 Å². The summed E-state index contributed by atoms with van der Waals surface area (Å²) in [5.74, 6) is 0.105. The van der Waals surface area contributed by atoms with Gasteiger partial charge in [-0.15, -0.1) is 0 Å². The van der Waals surface area contributed by atoms with Gasteiger partial charge >= 0.3 is 0 Å². The van der Waals surface area contributed by atoms with Crippen LogP contribution in [0, 0.1) is 30.9 Å². The molecular formula is C19H22N2O5. The molecule has 1 atom stereocenters. The summed E-state index contributed by atoms with van der Waals surface area (Å²) in [7, 11) is 1.43. The van der Waals surface area contributed by atoms with Crippen LogP contribution in [0.25, 0.3) is 0 Å². The minimum Gasteiger partial charge on any atom is -0.493 e. The Hall–Kier alpha value is -3.09. The third kappa shape index (κ3) is 4.30. The number of hydrogen-bond donors (Lipinski definition) is 1. The van der Waals surface area contributed by atoms with Crippen LogP contribution in [0.15, 0.2) is 30.3 Å². The molecule has 0 aromatic heterocycles. The van der Waals surface area contributed by atoms with Crippen LogP contribution in [0.4, 0.5) is 11.4 Å². The van der Waals surface area contributed by atoms with E-state index in [0.29, 0.717) is 5.75 Å². The van der Waals surface area contributed by atoms with Gasteiger partial charge in [-0.1, -0.05) is 17.7 Å². The van der Waals surface area contributed by atoms with E-state index in [2.05, 4.69) is 5.32 Å². The first-order valence-corrected chi connectivity index (χ1v) is 8.10. The Morgan fingerprint density at radius 2 is 1.73 bits per heavy atom. The van der Waals surface area contributed by atoms with E-state index in [1.807, 2.05) is 32.9 Å². The van der Waals surface area contributed by atoms with Crippen LogP contribution in [0.1, 0.15) is 23.6 Å². The van der Waals surface area contributed by atoms with E-state index in [1.54, 1.807) is 6.92 Å². The maximum atomic E-state index is 12.5. The number of anilines is 1. The van der Waals surface area contributed by atoms with Crippen molar-refractivity contribution in [2.45, 2.75) is 33.8 Å². The second-order valence-corrected chi connectivity index (χ2v) is 6.12. The highest BCUT2D eigenvalue weighted by Crippen LogP contribution is 2.32. The monoisotopic (exact) mass is 358 g/mol. The Balaban J connectivity index is 2.20. The second kappa shape index (κ2) is 7.86. The van der Waals surface area contributed by atoms with E-state index in [4.69, 9.17) is 9.47 Å². The molecule has 7 heteroatoms. The van der Waals surface area contributed by atoms with Crippen LogP contribution in [-0.2, 0) is 4.79 Å². The third-order valence-corrected chi connectivity index (χ3v) is 3.96. The lowest BCUT2D eigenvalue weighted by Crippen LogP contribution is -2.30. The van der Waals surface area contributed by atoms with Gasteiger partial charge in [0.05, 0.1) is 18.1 Å². The topological polar surface area (TPSA) is 90.7 Å². The van der Waals surface area contributed by atoms with Gasteiger partial charge in [0, 0.05) is 11.8 Å². The highest BCUT2D eigenvalue weighted by Gasteiger charge is 2.20. The average Bonchev–Trinajstić information content (AvgIpc) is 2.57. The molecule has 0 saturated carbocycles. The average molecular weight is 358 g/mol. The van der Waals surface area contributed by atoms with Crippen LogP contribution in [0.5, 0.6) is 11.5 Å². The number of nitro groups is 1.